The molecule has 2 atom stereocenters. The number of carbonyl (C=O) groups excluding carboxylic acids is 1. The fourth-order valence-corrected chi connectivity index (χ4v) is 3.27. The van der Waals surface area contributed by atoms with Crippen LogP contribution in [0.1, 0.15) is 47.0 Å². The van der Waals surface area contributed by atoms with Gasteiger partial charge in [0.05, 0.1) is 23.6 Å². The van der Waals surface area contributed by atoms with Crippen LogP contribution in [0.2, 0.25) is 0 Å². The van der Waals surface area contributed by atoms with Gasteiger partial charge in [-0.3, -0.25) is 4.79 Å². The van der Waals surface area contributed by atoms with E-state index in [4.69, 9.17) is 9.15 Å². The van der Waals surface area contributed by atoms with Crippen molar-refractivity contribution in [2.45, 2.75) is 37.7 Å². The predicted molar refractivity (Wildman–Crippen MR) is 83.6 cm³/mol. The van der Waals surface area contributed by atoms with Crippen LogP contribution in [0.3, 0.4) is 0 Å². The summed E-state index contributed by atoms with van der Waals surface area (Å²) >= 11 is 0. The second kappa shape index (κ2) is 6.12. The van der Waals surface area contributed by atoms with Crippen LogP contribution >= 0.6 is 0 Å². The Hall–Kier alpha value is -2.21. The molecular formula is C17H19N3O3. The van der Waals surface area contributed by atoms with E-state index in [2.05, 4.69) is 15.3 Å². The lowest BCUT2D eigenvalue weighted by atomic mass is 9.85. The SMILES string of the molecule is O=C1C[C@@H](c2ccco2)Cc2nc(NC[C@H]3CCCO3)ncc21. The first-order valence-corrected chi connectivity index (χ1v) is 8.07. The molecule has 2 aromatic rings. The average Bonchev–Trinajstić information content (AvgIpc) is 3.26. The number of ketones is 1. The monoisotopic (exact) mass is 313 g/mol. The Kier molecular flexibility index (Phi) is 3.83. The number of Topliss-reactive ketones (excluding diaryl/α,β-unsaturated/α-hetero) is 1. The molecule has 0 bridgehead atoms. The minimum Gasteiger partial charge on any atom is -0.469 e. The molecule has 2 aliphatic rings. The molecule has 0 amide bonds. The van der Waals surface area contributed by atoms with Crippen LogP contribution in [-0.4, -0.2) is 35.0 Å². The highest BCUT2D eigenvalue weighted by Crippen LogP contribution is 2.32. The normalized spacial score (nSPS) is 23.7. The van der Waals surface area contributed by atoms with E-state index in [9.17, 15) is 4.79 Å². The highest BCUT2D eigenvalue weighted by Gasteiger charge is 2.29. The molecule has 2 aromatic heterocycles. The first-order chi connectivity index (χ1) is 11.3. The molecule has 0 radical (unpaired) electrons. The third-order valence-corrected chi connectivity index (χ3v) is 4.50. The highest BCUT2D eigenvalue weighted by molar-refractivity contribution is 5.98. The fraction of sp³-hybridized carbons (Fsp3) is 0.471. The number of nitrogens with one attached hydrogen (secondary N) is 1. The predicted octanol–water partition coefficient (Wildman–Crippen LogP) is 2.57. The van der Waals surface area contributed by atoms with E-state index in [1.807, 2.05) is 12.1 Å². The van der Waals surface area contributed by atoms with Gasteiger partial charge in [-0.1, -0.05) is 0 Å². The van der Waals surface area contributed by atoms with Crippen molar-refractivity contribution in [3.05, 3.63) is 41.6 Å². The Labute approximate surface area is 134 Å². The maximum absolute atomic E-state index is 12.3. The van der Waals surface area contributed by atoms with Crippen LogP contribution in [0.15, 0.2) is 29.0 Å². The van der Waals surface area contributed by atoms with Crippen LogP contribution in [-0.2, 0) is 11.2 Å². The lowest BCUT2D eigenvalue weighted by molar-refractivity contribution is 0.0958. The quantitative estimate of drug-likeness (QED) is 0.935. The summed E-state index contributed by atoms with van der Waals surface area (Å²) in [6, 6.07) is 3.77. The number of anilines is 1. The van der Waals surface area contributed by atoms with Crippen LogP contribution in [0.5, 0.6) is 0 Å². The molecule has 1 saturated heterocycles. The van der Waals surface area contributed by atoms with Gasteiger partial charge in [0.1, 0.15) is 5.76 Å². The summed E-state index contributed by atoms with van der Waals surface area (Å²) < 4.78 is 11.0. The van der Waals surface area contributed by atoms with Gasteiger partial charge in [-0.2, -0.15) is 0 Å². The second-order valence-electron chi connectivity index (χ2n) is 6.11. The van der Waals surface area contributed by atoms with E-state index in [-0.39, 0.29) is 17.8 Å². The smallest absolute Gasteiger partial charge is 0.222 e. The van der Waals surface area contributed by atoms with E-state index in [1.54, 1.807) is 12.5 Å². The summed E-state index contributed by atoms with van der Waals surface area (Å²) in [5.41, 5.74) is 1.43. The molecule has 120 valence electrons. The van der Waals surface area contributed by atoms with Crippen molar-refractivity contribution in [2.24, 2.45) is 0 Å². The molecule has 4 rings (SSSR count). The summed E-state index contributed by atoms with van der Waals surface area (Å²) in [5.74, 6) is 1.55. The molecule has 6 heteroatoms. The van der Waals surface area contributed by atoms with Gasteiger partial charge in [0, 0.05) is 38.1 Å². The molecule has 1 N–H and O–H groups in total. The number of hydrogen-bond acceptors (Lipinski definition) is 6. The summed E-state index contributed by atoms with van der Waals surface area (Å²) in [7, 11) is 0. The van der Waals surface area contributed by atoms with Gasteiger partial charge in [-0.25, -0.2) is 9.97 Å². The Bertz CT molecular complexity index is 693. The topological polar surface area (TPSA) is 77.2 Å². The molecular weight excluding hydrogens is 294 g/mol. The van der Waals surface area contributed by atoms with Crippen LogP contribution in [0, 0.1) is 0 Å². The van der Waals surface area contributed by atoms with Crippen molar-refractivity contribution < 1.29 is 13.9 Å². The molecule has 6 nitrogen and oxygen atoms in total. The van der Waals surface area contributed by atoms with Crippen molar-refractivity contribution in [1.82, 2.24) is 9.97 Å². The Balaban J connectivity index is 1.50. The number of carbonyl (C=O) groups is 1. The van der Waals surface area contributed by atoms with Gasteiger partial charge in [0.15, 0.2) is 5.78 Å². The third-order valence-electron chi connectivity index (χ3n) is 4.50. The van der Waals surface area contributed by atoms with Crippen molar-refractivity contribution in [2.75, 3.05) is 18.5 Å². The van der Waals surface area contributed by atoms with Gasteiger partial charge in [-0.15, -0.1) is 0 Å². The Morgan fingerprint density at radius 3 is 3.09 bits per heavy atom. The van der Waals surface area contributed by atoms with Crippen LogP contribution in [0.25, 0.3) is 0 Å². The summed E-state index contributed by atoms with van der Waals surface area (Å²) in [6.45, 7) is 1.53. The molecule has 0 saturated carbocycles. The van der Waals surface area contributed by atoms with E-state index in [0.717, 1.165) is 30.9 Å². The standard InChI is InChI=1S/C17H19N3O3/c21-15-8-11(16-4-2-6-23-16)7-14-13(15)10-19-17(20-14)18-9-12-3-1-5-22-12/h2,4,6,10-12H,1,3,5,7-9H2,(H,18,19,20)/t11-,12+/m0/s1. The van der Waals surface area contributed by atoms with Gasteiger partial charge in [0.2, 0.25) is 5.95 Å². The highest BCUT2D eigenvalue weighted by atomic mass is 16.5. The number of furan rings is 1. The molecule has 23 heavy (non-hydrogen) atoms. The number of aromatic nitrogens is 2. The van der Waals surface area contributed by atoms with E-state index in [0.29, 0.717) is 30.9 Å². The average molecular weight is 313 g/mol. The summed E-state index contributed by atoms with van der Waals surface area (Å²) in [6.07, 6.45) is 6.84. The van der Waals surface area contributed by atoms with Crippen LogP contribution in [0.4, 0.5) is 5.95 Å². The van der Waals surface area contributed by atoms with E-state index in [1.165, 1.54) is 0 Å². The fourth-order valence-electron chi connectivity index (χ4n) is 3.27. The number of hydrogen-bond donors (Lipinski definition) is 1. The summed E-state index contributed by atoms with van der Waals surface area (Å²) in [5, 5.41) is 3.22. The lowest BCUT2D eigenvalue weighted by Gasteiger charge is -2.21. The summed E-state index contributed by atoms with van der Waals surface area (Å²) in [4.78, 5) is 21.1. The zero-order valence-corrected chi connectivity index (χ0v) is 12.8. The van der Waals surface area contributed by atoms with Gasteiger partial charge < -0.3 is 14.5 Å². The van der Waals surface area contributed by atoms with Gasteiger partial charge >= 0.3 is 0 Å². The van der Waals surface area contributed by atoms with E-state index >= 15 is 0 Å². The maximum Gasteiger partial charge on any atom is 0.222 e. The molecule has 0 unspecified atom stereocenters. The zero-order valence-electron chi connectivity index (χ0n) is 12.8. The molecule has 1 fully saturated rings. The largest absolute Gasteiger partial charge is 0.469 e. The minimum absolute atomic E-state index is 0.0610. The minimum atomic E-state index is 0.0610. The Morgan fingerprint density at radius 1 is 1.35 bits per heavy atom. The molecule has 3 heterocycles. The molecule has 1 aliphatic heterocycles. The van der Waals surface area contributed by atoms with Crippen molar-refractivity contribution in [3.8, 4) is 0 Å². The van der Waals surface area contributed by atoms with Gasteiger partial charge in [-0.05, 0) is 25.0 Å². The van der Waals surface area contributed by atoms with Gasteiger partial charge in [0.25, 0.3) is 0 Å². The number of fused-ring (bicyclic) bond motifs is 1. The van der Waals surface area contributed by atoms with E-state index < -0.39 is 0 Å². The van der Waals surface area contributed by atoms with Crippen molar-refractivity contribution in [1.29, 1.82) is 0 Å². The maximum atomic E-state index is 12.3. The lowest BCUT2D eigenvalue weighted by Crippen LogP contribution is -2.23. The zero-order chi connectivity index (χ0) is 15.6. The first kappa shape index (κ1) is 14.4. The molecule has 0 aromatic carbocycles. The first-order valence-electron chi connectivity index (χ1n) is 8.07. The van der Waals surface area contributed by atoms with Crippen molar-refractivity contribution >= 4 is 11.7 Å². The molecule has 0 spiro atoms. The number of rotatable bonds is 4. The molecule has 1 aliphatic carbocycles. The number of ether oxygens (including phenoxy) is 1. The second-order valence-corrected chi connectivity index (χ2v) is 6.11. The number of nitrogens with zero attached hydrogens (tertiary/aromatic N) is 2. The van der Waals surface area contributed by atoms with Crippen LogP contribution < -0.4 is 5.32 Å². The van der Waals surface area contributed by atoms with Crippen molar-refractivity contribution in [3.63, 3.8) is 0 Å². The third kappa shape index (κ3) is 2.99. The Morgan fingerprint density at radius 2 is 2.30 bits per heavy atom.